The van der Waals surface area contributed by atoms with Crippen LogP contribution in [0.5, 0.6) is 0 Å². The summed E-state index contributed by atoms with van der Waals surface area (Å²) in [5.41, 5.74) is 1.28. The summed E-state index contributed by atoms with van der Waals surface area (Å²) in [5.74, 6) is 1.04. The second kappa shape index (κ2) is 4.79. The van der Waals surface area contributed by atoms with Gasteiger partial charge in [0.05, 0.1) is 0 Å². The number of ketones is 1. The smallest absolute Gasteiger partial charge is 0.140 e. The predicted molar refractivity (Wildman–Crippen MR) is 65.4 cm³/mol. The van der Waals surface area contributed by atoms with Gasteiger partial charge in [-0.2, -0.15) is 0 Å². The molecule has 0 aromatic heterocycles. The lowest BCUT2D eigenvalue weighted by Gasteiger charge is -2.19. The Balaban J connectivity index is 2.19. The Morgan fingerprint density at radius 1 is 1.25 bits per heavy atom. The minimum atomic E-state index is 0.135. The molecule has 1 fully saturated rings. The van der Waals surface area contributed by atoms with Crippen LogP contribution in [0.2, 0.25) is 0 Å². The maximum Gasteiger partial charge on any atom is 0.140 e. The van der Waals surface area contributed by atoms with Crippen molar-refractivity contribution in [2.24, 2.45) is 11.8 Å². The lowest BCUT2D eigenvalue weighted by atomic mass is 9.83. The fourth-order valence-electron chi connectivity index (χ4n) is 2.46. The molecule has 0 spiro atoms. The van der Waals surface area contributed by atoms with E-state index in [2.05, 4.69) is 17.4 Å². The third-order valence-electron chi connectivity index (χ3n) is 3.38. The fourth-order valence-corrected chi connectivity index (χ4v) is 2.46. The minimum absolute atomic E-state index is 0.135. The van der Waals surface area contributed by atoms with Gasteiger partial charge in [0.15, 0.2) is 0 Å². The molecule has 1 aliphatic heterocycles. The van der Waals surface area contributed by atoms with E-state index in [0.717, 1.165) is 13.1 Å². The summed E-state index contributed by atoms with van der Waals surface area (Å²) in [7, 11) is 0. The van der Waals surface area contributed by atoms with Crippen LogP contribution in [0.3, 0.4) is 0 Å². The van der Waals surface area contributed by atoms with Gasteiger partial charge in [-0.15, -0.1) is 0 Å². The van der Waals surface area contributed by atoms with Gasteiger partial charge < -0.3 is 5.32 Å². The van der Waals surface area contributed by atoms with Crippen molar-refractivity contribution < 1.29 is 4.79 Å². The first-order valence-corrected chi connectivity index (χ1v) is 5.99. The molecule has 1 aromatic rings. The van der Waals surface area contributed by atoms with Crippen LogP contribution in [-0.4, -0.2) is 18.9 Å². The third kappa shape index (κ3) is 2.17. The van der Waals surface area contributed by atoms with Crippen molar-refractivity contribution in [1.29, 1.82) is 0 Å². The van der Waals surface area contributed by atoms with Crippen LogP contribution in [0.15, 0.2) is 30.3 Å². The Morgan fingerprint density at radius 2 is 1.94 bits per heavy atom. The van der Waals surface area contributed by atoms with Crippen molar-refractivity contribution in [3.63, 3.8) is 0 Å². The molecular weight excluding hydrogens is 198 g/mol. The first-order valence-electron chi connectivity index (χ1n) is 5.99. The van der Waals surface area contributed by atoms with Crippen molar-refractivity contribution in [3.8, 4) is 0 Å². The van der Waals surface area contributed by atoms with Crippen LogP contribution in [-0.2, 0) is 4.79 Å². The van der Waals surface area contributed by atoms with Crippen LogP contribution in [0, 0.1) is 11.8 Å². The lowest BCUT2D eigenvalue weighted by molar-refractivity contribution is -0.125. The van der Waals surface area contributed by atoms with Gasteiger partial charge in [0.25, 0.3) is 0 Å². The fraction of sp³-hybridized carbons (Fsp3) is 0.500. The number of Topliss-reactive ketones (excluding diaryl/α,β-unsaturated/α-hetero) is 1. The largest absolute Gasteiger partial charge is 0.315 e. The van der Waals surface area contributed by atoms with E-state index in [-0.39, 0.29) is 11.8 Å². The zero-order chi connectivity index (χ0) is 11.5. The Morgan fingerprint density at radius 3 is 2.56 bits per heavy atom. The minimum Gasteiger partial charge on any atom is -0.315 e. The van der Waals surface area contributed by atoms with E-state index in [1.54, 1.807) is 0 Å². The van der Waals surface area contributed by atoms with E-state index in [0.29, 0.717) is 11.7 Å². The molecule has 2 rings (SSSR count). The number of carbonyl (C=O) groups excluding carboxylic acids is 1. The molecule has 1 heterocycles. The van der Waals surface area contributed by atoms with Crippen LogP contribution in [0.1, 0.15) is 25.3 Å². The van der Waals surface area contributed by atoms with Crippen LogP contribution >= 0.6 is 0 Å². The average Bonchev–Trinajstić information content (AvgIpc) is 2.77. The molecule has 2 heteroatoms. The molecule has 2 atom stereocenters. The van der Waals surface area contributed by atoms with Crippen molar-refractivity contribution in [2.45, 2.75) is 19.8 Å². The number of carbonyl (C=O) groups is 1. The molecule has 86 valence electrons. The summed E-state index contributed by atoms with van der Waals surface area (Å²) in [6.07, 6.45) is 0. The molecule has 0 saturated carbocycles. The van der Waals surface area contributed by atoms with E-state index in [4.69, 9.17) is 0 Å². The molecule has 16 heavy (non-hydrogen) atoms. The normalized spacial score (nSPS) is 24.9. The highest BCUT2D eigenvalue weighted by Gasteiger charge is 2.34. The molecule has 2 nitrogen and oxygen atoms in total. The first-order chi connectivity index (χ1) is 7.70. The third-order valence-corrected chi connectivity index (χ3v) is 3.38. The van der Waals surface area contributed by atoms with Gasteiger partial charge in [-0.25, -0.2) is 0 Å². The molecular formula is C14H19NO. The molecule has 1 aromatic carbocycles. The van der Waals surface area contributed by atoms with E-state index in [1.807, 2.05) is 32.0 Å². The second-order valence-electron chi connectivity index (χ2n) is 4.84. The highest BCUT2D eigenvalue weighted by molar-refractivity contribution is 5.84. The maximum atomic E-state index is 12.1. The van der Waals surface area contributed by atoms with Crippen LogP contribution < -0.4 is 5.32 Å². The highest BCUT2D eigenvalue weighted by atomic mass is 16.1. The number of nitrogens with one attached hydrogen (secondary N) is 1. The van der Waals surface area contributed by atoms with Crippen molar-refractivity contribution in [1.82, 2.24) is 5.32 Å². The molecule has 0 radical (unpaired) electrons. The summed E-state index contributed by atoms with van der Waals surface area (Å²) in [6.45, 7) is 5.73. The van der Waals surface area contributed by atoms with Gasteiger partial charge in [0, 0.05) is 30.8 Å². The van der Waals surface area contributed by atoms with Crippen molar-refractivity contribution in [2.75, 3.05) is 13.1 Å². The Labute approximate surface area is 97.1 Å². The number of rotatable bonds is 3. The molecule has 1 saturated heterocycles. The van der Waals surface area contributed by atoms with E-state index in [9.17, 15) is 4.79 Å². The molecule has 0 aliphatic carbocycles. The van der Waals surface area contributed by atoms with Gasteiger partial charge in [0.1, 0.15) is 5.78 Å². The Kier molecular flexibility index (Phi) is 3.39. The quantitative estimate of drug-likeness (QED) is 0.841. The zero-order valence-corrected chi connectivity index (χ0v) is 9.94. The van der Waals surface area contributed by atoms with Crippen LogP contribution in [0.4, 0.5) is 0 Å². The monoisotopic (exact) mass is 217 g/mol. The SMILES string of the molecule is CC(C)C(=O)[C@@H]1CNC[C@H]1c1ccccc1. The molecule has 0 amide bonds. The Bertz CT molecular complexity index is 358. The van der Waals surface area contributed by atoms with Crippen molar-refractivity contribution >= 4 is 5.78 Å². The molecule has 1 N–H and O–H groups in total. The predicted octanol–water partition coefficient (Wildman–Crippen LogP) is 2.21. The van der Waals surface area contributed by atoms with Gasteiger partial charge >= 0.3 is 0 Å². The van der Waals surface area contributed by atoms with Gasteiger partial charge in [0.2, 0.25) is 0 Å². The summed E-state index contributed by atoms with van der Waals surface area (Å²) >= 11 is 0. The summed E-state index contributed by atoms with van der Waals surface area (Å²) in [6, 6.07) is 10.4. The number of benzene rings is 1. The summed E-state index contributed by atoms with van der Waals surface area (Å²) < 4.78 is 0. The second-order valence-corrected chi connectivity index (χ2v) is 4.84. The summed E-state index contributed by atoms with van der Waals surface area (Å²) in [5, 5.41) is 3.34. The molecule has 0 bridgehead atoms. The van der Waals surface area contributed by atoms with E-state index >= 15 is 0 Å². The van der Waals surface area contributed by atoms with Gasteiger partial charge in [-0.3, -0.25) is 4.79 Å². The number of hydrogen-bond donors (Lipinski definition) is 1. The van der Waals surface area contributed by atoms with Crippen LogP contribution in [0.25, 0.3) is 0 Å². The number of hydrogen-bond acceptors (Lipinski definition) is 2. The maximum absolute atomic E-state index is 12.1. The van der Waals surface area contributed by atoms with Gasteiger partial charge in [-0.1, -0.05) is 44.2 Å². The molecule has 0 unspecified atom stereocenters. The standard InChI is InChI=1S/C14H19NO/c1-10(2)14(16)13-9-15-8-12(13)11-6-4-3-5-7-11/h3-7,10,12-13,15H,8-9H2,1-2H3/t12-,13+/m0/s1. The highest BCUT2D eigenvalue weighted by Crippen LogP contribution is 2.30. The first kappa shape index (κ1) is 11.3. The van der Waals surface area contributed by atoms with Crippen molar-refractivity contribution in [3.05, 3.63) is 35.9 Å². The lowest BCUT2D eigenvalue weighted by Crippen LogP contribution is -2.25. The summed E-state index contributed by atoms with van der Waals surface area (Å²) in [4.78, 5) is 12.1. The van der Waals surface area contributed by atoms with Gasteiger partial charge in [-0.05, 0) is 5.56 Å². The van der Waals surface area contributed by atoms with E-state index in [1.165, 1.54) is 5.56 Å². The van der Waals surface area contributed by atoms with E-state index < -0.39 is 0 Å². The average molecular weight is 217 g/mol. The zero-order valence-electron chi connectivity index (χ0n) is 9.94. The topological polar surface area (TPSA) is 29.1 Å². The Hall–Kier alpha value is -1.15. The molecule has 1 aliphatic rings.